The fourth-order valence-corrected chi connectivity index (χ4v) is 0.590. The van der Waals surface area contributed by atoms with Gasteiger partial charge in [-0.1, -0.05) is 0 Å². The lowest BCUT2D eigenvalue weighted by Gasteiger charge is -2.19. The number of aldehydes is 1. The molecule has 0 atom stereocenters. The fourth-order valence-electron chi connectivity index (χ4n) is 0.590. The number of nitrogens with one attached hydrogen (secondary N) is 1. The van der Waals surface area contributed by atoms with Gasteiger partial charge in [-0.25, -0.2) is 0 Å². The van der Waals surface area contributed by atoms with E-state index in [9.17, 15) is 4.79 Å². The fraction of sp³-hybridized carbons (Fsp3) is 0.875. The summed E-state index contributed by atoms with van der Waals surface area (Å²) < 4.78 is 5.40. The largest absolute Gasteiger partial charge is 0.375 e. The van der Waals surface area contributed by atoms with Crippen LogP contribution in [-0.4, -0.2) is 31.6 Å². The zero-order valence-electron chi connectivity index (χ0n) is 7.52. The van der Waals surface area contributed by atoms with Gasteiger partial charge >= 0.3 is 0 Å². The molecule has 1 N–H and O–H groups in total. The van der Waals surface area contributed by atoms with Gasteiger partial charge in [0, 0.05) is 6.54 Å². The van der Waals surface area contributed by atoms with E-state index in [0.29, 0.717) is 13.2 Å². The summed E-state index contributed by atoms with van der Waals surface area (Å²) in [4.78, 5) is 9.86. The van der Waals surface area contributed by atoms with Crippen molar-refractivity contribution in [2.75, 3.05) is 19.7 Å². The molecule has 0 unspecified atom stereocenters. The SMILES string of the molecule is CC(C)(C)OCCNCC=O. The van der Waals surface area contributed by atoms with Crippen LogP contribution in [0.2, 0.25) is 0 Å². The van der Waals surface area contributed by atoms with Crippen molar-refractivity contribution in [2.45, 2.75) is 26.4 Å². The molecule has 0 aromatic heterocycles. The second-order valence-electron chi connectivity index (χ2n) is 3.33. The summed E-state index contributed by atoms with van der Waals surface area (Å²) >= 11 is 0. The Labute approximate surface area is 68.1 Å². The second kappa shape index (κ2) is 5.27. The van der Waals surface area contributed by atoms with Crippen LogP contribution in [-0.2, 0) is 9.53 Å². The molecule has 3 nitrogen and oxygen atoms in total. The zero-order valence-corrected chi connectivity index (χ0v) is 7.52. The molecule has 0 aliphatic carbocycles. The molecule has 0 rings (SSSR count). The molecule has 0 fully saturated rings. The first kappa shape index (κ1) is 10.6. The van der Waals surface area contributed by atoms with E-state index < -0.39 is 0 Å². The Morgan fingerprint density at radius 1 is 1.45 bits per heavy atom. The first-order chi connectivity index (χ1) is 5.06. The van der Waals surface area contributed by atoms with Crippen LogP contribution in [0.3, 0.4) is 0 Å². The third kappa shape index (κ3) is 9.59. The lowest BCUT2D eigenvalue weighted by molar-refractivity contribution is -0.107. The molecule has 0 aromatic rings. The lowest BCUT2D eigenvalue weighted by atomic mass is 10.2. The Morgan fingerprint density at radius 3 is 2.55 bits per heavy atom. The monoisotopic (exact) mass is 159 g/mol. The average molecular weight is 159 g/mol. The predicted molar refractivity (Wildman–Crippen MR) is 44.6 cm³/mol. The van der Waals surface area contributed by atoms with E-state index in [1.807, 2.05) is 20.8 Å². The predicted octanol–water partition coefficient (Wildman–Crippen LogP) is 0.590. The van der Waals surface area contributed by atoms with E-state index in [1.165, 1.54) is 0 Å². The highest BCUT2D eigenvalue weighted by Gasteiger charge is 2.08. The maximum atomic E-state index is 9.86. The van der Waals surface area contributed by atoms with Crippen LogP contribution in [0, 0.1) is 0 Å². The Hall–Kier alpha value is -0.410. The molecule has 0 aromatic carbocycles. The summed E-state index contributed by atoms with van der Waals surface area (Å²) in [6, 6.07) is 0. The van der Waals surface area contributed by atoms with E-state index in [-0.39, 0.29) is 5.60 Å². The van der Waals surface area contributed by atoms with Crippen LogP contribution in [0.4, 0.5) is 0 Å². The lowest BCUT2D eigenvalue weighted by Crippen LogP contribution is -2.27. The van der Waals surface area contributed by atoms with Crippen molar-refractivity contribution in [3.8, 4) is 0 Å². The molecule has 0 saturated carbocycles. The van der Waals surface area contributed by atoms with Gasteiger partial charge < -0.3 is 14.8 Å². The number of ether oxygens (including phenoxy) is 1. The number of carbonyl (C=O) groups excluding carboxylic acids is 1. The Kier molecular flexibility index (Phi) is 5.07. The Bertz CT molecular complexity index is 107. The summed E-state index contributed by atoms with van der Waals surface area (Å²) in [6.45, 7) is 7.81. The third-order valence-corrected chi connectivity index (χ3v) is 1.04. The van der Waals surface area contributed by atoms with Crippen molar-refractivity contribution in [2.24, 2.45) is 0 Å². The highest BCUT2D eigenvalue weighted by Crippen LogP contribution is 2.04. The van der Waals surface area contributed by atoms with Gasteiger partial charge in [-0.15, -0.1) is 0 Å². The van der Waals surface area contributed by atoms with Gasteiger partial charge in [-0.05, 0) is 20.8 Å². The van der Waals surface area contributed by atoms with Gasteiger partial charge in [-0.3, -0.25) is 0 Å². The minimum absolute atomic E-state index is 0.0805. The van der Waals surface area contributed by atoms with Gasteiger partial charge in [0.2, 0.25) is 0 Å². The van der Waals surface area contributed by atoms with Crippen LogP contribution in [0.5, 0.6) is 0 Å². The minimum atomic E-state index is -0.0805. The molecular formula is C8H17NO2. The number of hydrogen-bond acceptors (Lipinski definition) is 3. The van der Waals surface area contributed by atoms with Gasteiger partial charge in [0.25, 0.3) is 0 Å². The average Bonchev–Trinajstić information content (AvgIpc) is 1.85. The minimum Gasteiger partial charge on any atom is -0.375 e. The second-order valence-corrected chi connectivity index (χ2v) is 3.33. The highest BCUT2D eigenvalue weighted by atomic mass is 16.5. The number of carbonyl (C=O) groups is 1. The van der Waals surface area contributed by atoms with Crippen molar-refractivity contribution >= 4 is 6.29 Å². The summed E-state index contributed by atoms with van der Waals surface area (Å²) in [7, 11) is 0. The molecule has 0 radical (unpaired) electrons. The Morgan fingerprint density at radius 2 is 2.09 bits per heavy atom. The van der Waals surface area contributed by atoms with Crippen LogP contribution in [0.25, 0.3) is 0 Å². The van der Waals surface area contributed by atoms with Crippen LogP contribution < -0.4 is 5.32 Å². The van der Waals surface area contributed by atoms with E-state index >= 15 is 0 Å². The summed E-state index contributed by atoms with van der Waals surface area (Å²) in [5, 5.41) is 2.91. The standard InChI is InChI=1S/C8H17NO2/c1-8(2,3)11-7-5-9-4-6-10/h6,9H,4-5,7H2,1-3H3. The molecule has 0 heterocycles. The maximum Gasteiger partial charge on any atom is 0.133 e. The van der Waals surface area contributed by atoms with Crippen molar-refractivity contribution in [1.82, 2.24) is 5.32 Å². The van der Waals surface area contributed by atoms with Crippen molar-refractivity contribution in [3.05, 3.63) is 0 Å². The summed E-state index contributed by atoms with van der Waals surface area (Å²) in [6.07, 6.45) is 0.844. The van der Waals surface area contributed by atoms with E-state index in [0.717, 1.165) is 12.8 Å². The molecule has 0 bridgehead atoms. The molecule has 66 valence electrons. The molecule has 3 heteroatoms. The molecule has 11 heavy (non-hydrogen) atoms. The van der Waals surface area contributed by atoms with Crippen molar-refractivity contribution < 1.29 is 9.53 Å². The first-order valence-corrected chi connectivity index (χ1v) is 3.84. The topological polar surface area (TPSA) is 38.3 Å². The number of rotatable bonds is 5. The van der Waals surface area contributed by atoms with Crippen LogP contribution in [0.15, 0.2) is 0 Å². The number of hydrogen-bond donors (Lipinski definition) is 1. The first-order valence-electron chi connectivity index (χ1n) is 3.84. The van der Waals surface area contributed by atoms with Crippen molar-refractivity contribution in [1.29, 1.82) is 0 Å². The zero-order chi connectivity index (χ0) is 8.74. The molecule has 0 amide bonds. The van der Waals surface area contributed by atoms with Gasteiger partial charge in [0.05, 0.1) is 18.8 Å². The normalized spacial score (nSPS) is 11.5. The van der Waals surface area contributed by atoms with E-state index in [2.05, 4.69) is 5.32 Å². The van der Waals surface area contributed by atoms with Crippen molar-refractivity contribution in [3.63, 3.8) is 0 Å². The quantitative estimate of drug-likeness (QED) is 0.471. The molecular weight excluding hydrogens is 142 g/mol. The van der Waals surface area contributed by atoms with Crippen LogP contribution in [0.1, 0.15) is 20.8 Å². The van der Waals surface area contributed by atoms with E-state index in [4.69, 9.17) is 4.74 Å². The van der Waals surface area contributed by atoms with Crippen LogP contribution >= 0.6 is 0 Å². The summed E-state index contributed by atoms with van der Waals surface area (Å²) in [5.74, 6) is 0. The molecule has 0 saturated heterocycles. The van der Waals surface area contributed by atoms with E-state index in [1.54, 1.807) is 0 Å². The molecule has 0 aliphatic rings. The molecule has 0 spiro atoms. The smallest absolute Gasteiger partial charge is 0.133 e. The Balaban J connectivity index is 3.08. The third-order valence-electron chi connectivity index (χ3n) is 1.04. The highest BCUT2D eigenvalue weighted by molar-refractivity contribution is 5.51. The van der Waals surface area contributed by atoms with Gasteiger partial charge in [0.15, 0.2) is 0 Å². The summed E-state index contributed by atoms with van der Waals surface area (Å²) in [5.41, 5.74) is -0.0805. The molecule has 0 aliphatic heterocycles. The van der Waals surface area contributed by atoms with Gasteiger partial charge in [0.1, 0.15) is 6.29 Å². The van der Waals surface area contributed by atoms with Gasteiger partial charge in [-0.2, -0.15) is 0 Å². The maximum absolute atomic E-state index is 9.86.